The van der Waals surface area contributed by atoms with Crippen LogP contribution in [-0.2, 0) is 14.8 Å². The van der Waals surface area contributed by atoms with Gasteiger partial charge in [0.1, 0.15) is 18.9 Å². The first-order valence-electron chi connectivity index (χ1n) is 10.8. The summed E-state index contributed by atoms with van der Waals surface area (Å²) in [4.78, 5) is 12.8. The maximum atomic E-state index is 13.4. The summed E-state index contributed by atoms with van der Waals surface area (Å²) < 4.78 is 33.6. The highest BCUT2D eigenvalue weighted by atomic mass is 35.5. The van der Waals surface area contributed by atoms with E-state index in [4.69, 9.17) is 27.9 Å². The second-order valence-electron chi connectivity index (χ2n) is 7.60. The van der Waals surface area contributed by atoms with E-state index in [1.165, 1.54) is 30.3 Å². The van der Waals surface area contributed by atoms with Crippen molar-refractivity contribution in [2.24, 2.45) is 0 Å². The smallest absolute Gasteiger partial charge is 0.264 e. The molecule has 0 aliphatic rings. The van der Waals surface area contributed by atoms with Crippen LogP contribution in [0.2, 0.25) is 10.0 Å². The number of nitrogens with zero attached hydrogens (tertiary/aromatic N) is 1. The standard InChI is InChI=1S/C26H22Cl2N2O4S/c27-20-13-14-24(23(28)17-20)30(35(32,33)21-9-2-1-3-10-21)18-26(31)29-15-16-34-25-12-6-8-19-7-4-5-11-22(19)25/h1-14,17H,15-16,18H2,(H,29,31). The van der Waals surface area contributed by atoms with Gasteiger partial charge in [0.05, 0.1) is 22.2 Å². The minimum absolute atomic E-state index is 0.0399. The van der Waals surface area contributed by atoms with Gasteiger partial charge in [0, 0.05) is 10.4 Å². The molecule has 0 bridgehead atoms. The zero-order chi connectivity index (χ0) is 24.8. The molecule has 0 fully saturated rings. The van der Waals surface area contributed by atoms with Gasteiger partial charge >= 0.3 is 0 Å². The average molecular weight is 529 g/mol. The van der Waals surface area contributed by atoms with Crippen molar-refractivity contribution in [2.45, 2.75) is 4.90 Å². The summed E-state index contributed by atoms with van der Waals surface area (Å²) in [6.45, 7) is -0.0602. The predicted molar refractivity (Wildman–Crippen MR) is 140 cm³/mol. The molecule has 6 nitrogen and oxygen atoms in total. The van der Waals surface area contributed by atoms with E-state index in [1.807, 2.05) is 42.5 Å². The first kappa shape index (κ1) is 24.9. The molecular formula is C26H22Cl2N2O4S. The van der Waals surface area contributed by atoms with E-state index >= 15 is 0 Å². The Morgan fingerprint density at radius 2 is 1.60 bits per heavy atom. The van der Waals surface area contributed by atoms with Crippen LogP contribution in [0.1, 0.15) is 0 Å². The zero-order valence-corrected chi connectivity index (χ0v) is 20.9. The van der Waals surface area contributed by atoms with E-state index < -0.39 is 22.5 Å². The lowest BCUT2D eigenvalue weighted by Gasteiger charge is -2.25. The van der Waals surface area contributed by atoms with E-state index in [0.29, 0.717) is 10.8 Å². The molecule has 0 unspecified atom stereocenters. The molecule has 4 aromatic carbocycles. The second kappa shape index (κ2) is 11.0. The number of carbonyl (C=O) groups excluding carboxylic acids is 1. The lowest BCUT2D eigenvalue weighted by molar-refractivity contribution is -0.119. The van der Waals surface area contributed by atoms with E-state index in [1.54, 1.807) is 18.2 Å². The highest BCUT2D eigenvalue weighted by molar-refractivity contribution is 7.92. The largest absolute Gasteiger partial charge is 0.491 e. The van der Waals surface area contributed by atoms with Gasteiger partial charge in [-0.25, -0.2) is 8.42 Å². The quantitative estimate of drug-likeness (QED) is 0.289. The Kier molecular flexibility index (Phi) is 7.80. The Morgan fingerprint density at radius 3 is 2.37 bits per heavy atom. The van der Waals surface area contributed by atoms with Gasteiger partial charge in [-0.3, -0.25) is 9.10 Å². The Bertz CT molecular complexity index is 1440. The fourth-order valence-corrected chi connectivity index (χ4v) is 5.58. The first-order valence-corrected chi connectivity index (χ1v) is 13.0. The fourth-order valence-electron chi connectivity index (χ4n) is 3.56. The molecule has 1 N–H and O–H groups in total. The van der Waals surface area contributed by atoms with E-state index in [0.717, 1.165) is 15.1 Å². The van der Waals surface area contributed by atoms with Crippen molar-refractivity contribution in [3.63, 3.8) is 0 Å². The van der Waals surface area contributed by atoms with Gasteiger partial charge in [0.25, 0.3) is 10.0 Å². The number of nitrogens with one attached hydrogen (secondary N) is 1. The molecule has 0 heterocycles. The monoisotopic (exact) mass is 528 g/mol. The Labute approximate surface area is 214 Å². The summed E-state index contributed by atoms with van der Waals surface area (Å²) in [5.41, 5.74) is 0.155. The van der Waals surface area contributed by atoms with Crippen molar-refractivity contribution >= 4 is 55.6 Å². The molecule has 0 atom stereocenters. The van der Waals surface area contributed by atoms with Crippen molar-refractivity contribution < 1.29 is 17.9 Å². The van der Waals surface area contributed by atoms with Crippen LogP contribution < -0.4 is 14.4 Å². The molecule has 4 rings (SSSR count). The van der Waals surface area contributed by atoms with Crippen molar-refractivity contribution in [1.82, 2.24) is 5.32 Å². The van der Waals surface area contributed by atoms with E-state index in [-0.39, 0.29) is 28.8 Å². The summed E-state index contributed by atoms with van der Waals surface area (Å²) in [6.07, 6.45) is 0. The van der Waals surface area contributed by atoms with Gasteiger partial charge in [-0.05, 0) is 41.8 Å². The number of rotatable bonds is 9. The normalized spacial score (nSPS) is 11.3. The molecule has 0 aliphatic heterocycles. The number of hydrogen-bond donors (Lipinski definition) is 1. The molecule has 0 saturated heterocycles. The predicted octanol–water partition coefficient (Wildman–Crippen LogP) is 5.54. The topological polar surface area (TPSA) is 75.7 Å². The third-order valence-electron chi connectivity index (χ3n) is 5.23. The maximum Gasteiger partial charge on any atom is 0.264 e. The molecular weight excluding hydrogens is 507 g/mol. The van der Waals surface area contributed by atoms with Crippen molar-refractivity contribution in [3.05, 3.63) is 101 Å². The zero-order valence-electron chi connectivity index (χ0n) is 18.5. The van der Waals surface area contributed by atoms with Crippen LogP contribution in [0.15, 0.2) is 95.9 Å². The fraction of sp³-hybridized carbons (Fsp3) is 0.115. The van der Waals surface area contributed by atoms with Gasteiger partial charge < -0.3 is 10.1 Å². The van der Waals surface area contributed by atoms with Gasteiger partial charge in [0.15, 0.2) is 0 Å². The van der Waals surface area contributed by atoms with Gasteiger partial charge in [0.2, 0.25) is 5.91 Å². The maximum absolute atomic E-state index is 13.4. The van der Waals surface area contributed by atoms with Crippen LogP contribution >= 0.6 is 23.2 Å². The number of fused-ring (bicyclic) bond motifs is 1. The van der Waals surface area contributed by atoms with Crippen LogP contribution in [0.25, 0.3) is 10.8 Å². The molecule has 35 heavy (non-hydrogen) atoms. The van der Waals surface area contributed by atoms with Crippen LogP contribution in [-0.4, -0.2) is 34.0 Å². The highest BCUT2D eigenvalue weighted by Crippen LogP contribution is 2.32. The third-order valence-corrected chi connectivity index (χ3v) is 7.54. The molecule has 0 saturated carbocycles. The van der Waals surface area contributed by atoms with Crippen molar-refractivity contribution in [1.29, 1.82) is 0 Å². The number of carbonyl (C=O) groups is 1. The molecule has 0 aliphatic carbocycles. The minimum Gasteiger partial charge on any atom is -0.491 e. The van der Waals surface area contributed by atoms with E-state index in [9.17, 15) is 13.2 Å². The number of halogens is 2. The number of hydrogen-bond acceptors (Lipinski definition) is 4. The number of sulfonamides is 1. The lowest BCUT2D eigenvalue weighted by Crippen LogP contribution is -2.42. The van der Waals surface area contributed by atoms with Crippen molar-refractivity contribution in [3.8, 4) is 5.75 Å². The SMILES string of the molecule is O=C(CN(c1ccc(Cl)cc1Cl)S(=O)(=O)c1ccccc1)NCCOc1cccc2ccccc12. The Morgan fingerprint density at radius 1 is 0.886 bits per heavy atom. The highest BCUT2D eigenvalue weighted by Gasteiger charge is 2.28. The number of benzene rings is 4. The number of anilines is 1. The third kappa shape index (κ3) is 5.88. The molecule has 4 aromatic rings. The Balaban J connectivity index is 1.46. The number of amides is 1. The average Bonchev–Trinajstić information content (AvgIpc) is 2.86. The van der Waals surface area contributed by atoms with Crippen LogP contribution in [0.3, 0.4) is 0 Å². The van der Waals surface area contributed by atoms with Gasteiger partial charge in [-0.15, -0.1) is 0 Å². The van der Waals surface area contributed by atoms with E-state index in [2.05, 4.69) is 5.32 Å². The number of ether oxygens (including phenoxy) is 1. The molecule has 0 aromatic heterocycles. The Hall–Kier alpha value is -3.26. The van der Waals surface area contributed by atoms with Crippen molar-refractivity contribution in [2.75, 3.05) is 24.0 Å². The summed E-state index contributed by atoms with van der Waals surface area (Å²) in [7, 11) is -4.07. The molecule has 0 radical (unpaired) electrons. The van der Waals surface area contributed by atoms with Gasteiger partial charge in [-0.1, -0.05) is 77.8 Å². The summed E-state index contributed by atoms with van der Waals surface area (Å²) in [6, 6.07) is 25.9. The molecule has 0 spiro atoms. The van der Waals surface area contributed by atoms with Crippen LogP contribution in [0.5, 0.6) is 5.75 Å². The summed E-state index contributed by atoms with van der Waals surface area (Å²) >= 11 is 12.3. The minimum atomic E-state index is -4.07. The van der Waals surface area contributed by atoms with Crippen LogP contribution in [0.4, 0.5) is 5.69 Å². The summed E-state index contributed by atoms with van der Waals surface area (Å²) in [5.74, 6) is 0.204. The molecule has 9 heteroatoms. The summed E-state index contributed by atoms with van der Waals surface area (Å²) in [5, 5.41) is 5.21. The molecule has 1 amide bonds. The first-order chi connectivity index (χ1) is 16.9. The molecule has 180 valence electrons. The lowest BCUT2D eigenvalue weighted by atomic mass is 10.1. The van der Waals surface area contributed by atoms with Gasteiger partial charge in [-0.2, -0.15) is 0 Å². The van der Waals surface area contributed by atoms with Crippen LogP contribution in [0, 0.1) is 0 Å². The second-order valence-corrected chi connectivity index (χ2v) is 10.3.